The monoisotopic (exact) mass is 232 g/mol. The number of amides is 1. The first-order chi connectivity index (χ1) is 8.17. The van der Waals surface area contributed by atoms with Gasteiger partial charge in [-0.3, -0.25) is 4.79 Å². The molecule has 1 N–H and O–H groups in total. The Morgan fingerprint density at radius 2 is 2.18 bits per heavy atom. The van der Waals surface area contributed by atoms with Crippen molar-refractivity contribution in [3.8, 4) is 5.75 Å². The van der Waals surface area contributed by atoms with Crippen LogP contribution in [0.5, 0.6) is 5.75 Å². The van der Waals surface area contributed by atoms with Gasteiger partial charge in [0.1, 0.15) is 11.3 Å². The molecule has 0 aromatic heterocycles. The van der Waals surface area contributed by atoms with E-state index in [1.54, 1.807) is 7.11 Å². The Bertz CT molecular complexity index is 480. The van der Waals surface area contributed by atoms with Crippen LogP contribution < -0.4 is 15.0 Å². The molecule has 90 valence electrons. The number of nitrogens with one attached hydrogen (secondary N) is 1. The summed E-state index contributed by atoms with van der Waals surface area (Å²) in [6, 6.07) is 5.74. The predicted molar refractivity (Wildman–Crippen MR) is 66.6 cm³/mol. The van der Waals surface area contributed by atoms with E-state index in [0.29, 0.717) is 0 Å². The summed E-state index contributed by atoms with van der Waals surface area (Å²) in [6.07, 6.45) is 3.00. The lowest BCUT2D eigenvalue weighted by Crippen LogP contribution is -2.62. The zero-order chi connectivity index (χ0) is 12.0. The van der Waals surface area contributed by atoms with Crippen LogP contribution in [0.4, 0.5) is 11.4 Å². The van der Waals surface area contributed by atoms with Crippen LogP contribution in [0.2, 0.25) is 0 Å². The van der Waals surface area contributed by atoms with Gasteiger partial charge in [0.2, 0.25) is 5.91 Å². The summed E-state index contributed by atoms with van der Waals surface area (Å²) in [6.45, 7) is 0. The third kappa shape index (κ3) is 1.27. The number of anilines is 2. The molecule has 1 spiro atoms. The van der Waals surface area contributed by atoms with Crippen LogP contribution in [-0.4, -0.2) is 25.6 Å². The van der Waals surface area contributed by atoms with E-state index in [1.165, 1.54) is 0 Å². The highest BCUT2D eigenvalue weighted by Crippen LogP contribution is 2.46. The summed E-state index contributed by atoms with van der Waals surface area (Å²) in [7, 11) is 3.65. The van der Waals surface area contributed by atoms with E-state index in [-0.39, 0.29) is 11.4 Å². The van der Waals surface area contributed by atoms with Gasteiger partial charge >= 0.3 is 0 Å². The fourth-order valence-corrected chi connectivity index (χ4v) is 2.72. The van der Waals surface area contributed by atoms with E-state index in [2.05, 4.69) is 10.2 Å². The van der Waals surface area contributed by atoms with Gasteiger partial charge in [0.25, 0.3) is 0 Å². The second-order valence-electron chi connectivity index (χ2n) is 4.78. The Balaban J connectivity index is 2.07. The first kappa shape index (κ1) is 10.4. The van der Waals surface area contributed by atoms with E-state index < -0.39 is 0 Å². The van der Waals surface area contributed by atoms with E-state index >= 15 is 0 Å². The fourth-order valence-electron chi connectivity index (χ4n) is 2.72. The summed E-state index contributed by atoms with van der Waals surface area (Å²) < 4.78 is 5.24. The van der Waals surface area contributed by atoms with E-state index in [4.69, 9.17) is 4.74 Å². The van der Waals surface area contributed by atoms with Crippen LogP contribution in [-0.2, 0) is 4.79 Å². The quantitative estimate of drug-likeness (QED) is 0.805. The number of carbonyl (C=O) groups is 1. The number of nitrogens with zero attached hydrogens (tertiary/aromatic N) is 1. The SMILES string of the molecule is COc1ccc2c(c1)N(C)C1(CCC1)C(=O)N2. The minimum atomic E-state index is -0.320. The lowest BCUT2D eigenvalue weighted by Gasteiger charge is -2.51. The van der Waals surface area contributed by atoms with E-state index in [0.717, 1.165) is 36.4 Å². The number of likely N-dealkylation sites (N-methyl/N-ethyl adjacent to an activating group) is 1. The van der Waals surface area contributed by atoms with Crippen molar-refractivity contribution in [2.75, 3.05) is 24.4 Å². The third-order valence-corrected chi connectivity index (χ3v) is 4.06. The van der Waals surface area contributed by atoms with Gasteiger partial charge in [0, 0.05) is 13.1 Å². The van der Waals surface area contributed by atoms with Gasteiger partial charge in [0.05, 0.1) is 18.5 Å². The smallest absolute Gasteiger partial charge is 0.250 e. The zero-order valence-electron chi connectivity index (χ0n) is 10.1. The average Bonchev–Trinajstić information content (AvgIpc) is 2.27. The lowest BCUT2D eigenvalue weighted by atomic mass is 9.73. The Labute approximate surface area is 101 Å². The molecule has 1 aliphatic carbocycles. The molecule has 0 atom stereocenters. The van der Waals surface area contributed by atoms with Crippen LogP contribution in [0.1, 0.15) is 19.3 Å². The molecule has 1 aromatic carbocycles. The molecule has 4 heteroatoms. The Kier molecular flexibility index (Phi) is 2.08. The van der Waals surface area contributed by atoms with Gasteiger partial charge in [-0.05, 0) is 31.4 Å². The van der Waals surface area contributed by atoms with Crippen molar-refractivity contribution < 1.29 is 9.53 Å². The van der Waals surface area contributed by atoms with Crippen LogP contribution in [0.15, 0.2) is 18.2 Å². The largest absolute Gasteiger partial charge is 0.497 e. The number of methoxy groups -OCH3 is 1. The molecule has 0 unspecified atom stereocenters. The average molecular weight is 232 g/mol. The van der Waals surface area contributed by atoms with Crippen LogP contribution >= 0.6 is 0 Å². The Hall–Kier alpha value is -1.71. The molecule has 4 nitrogen and oxygen atoms in total. The van der Waals surface area contributed by atoms with Gasteiger partial charge in [-0.2, -0.15) is 0 Å². The molecule has 1 aromatic rings. The number of fused-ring (bicyclic) bond motifs is 1. The molecular weight excluding hydrogens is 216 g/mol. The number of rotatable bonds is 1. The van der Waals surface area contributed by atoms with Crippen molar-refractivity contribution in [1.29, 1.82) is 0 Å². The molecule has 17 heavy (non-hydrogen) atoms. The highest BCUT2D eigenvalue weighted by atomic mass is 16.5. The fraction of sp³-hybridized carbons (Fsp3) is 0.462. The van der Waals surface area contributed by atoms with Crippen LogP contribution in [0.3, 0.4) is 0 Å². The number of hydrogen-bond donors (Lipinski definition) is 1. The first-order valence-corrected chi connectivity index (χ1v) is 5.91. The number of carbonyl (C=O) groups excluding carboxylic acids is 1. The zero-order valence-corrected chi connectivity index (χ0v) is 10.1. The number of ether oxygens (including phenoxy) is 1. The molecule has 1 amide bonds. The highest BCUT2D eigenvalue weighted by Gasteiger charge is 2.50. The summed E-state index contributed by atoms with van der Waals surface area (Å²) in [5.74, 6) is 0.949. The van der Waals surface area contributed by atoms with Gasteiger partial charge in [-0.15, -0.1) is 0 Å². The molecule has 0 bridgehead atoms. The maximum atomic E-state index is 12.1. The molecule has 0 radical (unpaired) electrons. The molecule has 3 rings (SSSR count). The number of hydrogen-bond acceptors (Lipinski definition) is 3. The van der Waals surface area contributed by atoms with Crippen LogP contribution in [0, 0.1) is 0 Å². The second kappa shape index (κ2) is 3.39. The Morgan fingerprint density at radius 1 is 1.41 bits per heavy atom. The molecule has 1 heterocycles. The molecule has 2 aliphatic rings. The summed E-state index contributed by atoms with van der Waals surface area (Å²) in [4.78, 5) is 14.2. The van der Waals surface area contributed by atoms with E-state index in [1.807, 2.05) is 25.2 Å². The lowest BCUT2D eigenvalue weighted by molar-refractivity contribution is -0.124. The second-order valence-corrected chi connectivity index (χ2v) is 4.78. The van der Waals surface area contributed by atoms with Crippen molar-refractivity contribution in [2.45, 2.75) is 24.8 Å². The topological polar surface area (TPSA) is 41.6 Å². The van der Waals surface area contributed by atoms with Gasteiger partial charge in [-0.1, -0.05) is 0 Å². The normalized spacial score (nSPS) is 20.6. The first-order valence-electron chi connectivity index (χ1n) is 5.91. The molecule has 1 aliphatic heterocycles. The summed E-state index contributed by atoms with van der Waals surface area (Å²) in [5.41, 5.74) is 1.60. The molecule has 1 saturated carbocycles. The summed E-state index contributed by atoms with van der Waals surface area (Å²) in [5, 5.41) is 3.00. The maximum absolute atomic E-state index is 12.1. The third-order valence-electron chi connectivity index (χ3n) is 4.06. The van der Waals surface area contributed by atoms with Gasteiger partial charge < -0.3 is 15.0 Å². The standard InChI is InChI=1S/C13H16N2O2/c1-15-11-8-9(17-2)4-5-10(11)14-12(16)13(15)6-3-7-13/h4-5,8H,3,6-7H2,1-2H3,(H,14,16). The van der Waals surface area contributed by atoms with Crippen molar-refractivity contribution in [1.82, 2.24) is 0 Å². The molecule has 0 saturated heterocycles. The highest BCUT2D eigenvalue weighted by molar-refractivity contribution is 6.07. The van der Waals surface area contributed by atoms with Crippen molar-refractivity contribution >= 4 is 17.3 Å². The van der Waals surface area contributed by atoms with Crippen molar-refractivity contribution in [3.05, 3.63) is 18.2 Å². The van der Waals surface area contributed by atoms with E-state index in [9.17, 15) is 4.79 Å². The molecular formula is C13H16N2O2. The van der Waals surface area contributed by atoms with Gasteiger partial charge in [0.15, 0.2) is 0 Å². The minimum Gasteiger partial charge on any atom is -0.497 e. The minimum absolute atomic E-state index is 0.129. The van der Waals surface area contributed by atoms with Crippen molar-refractivity contribution in [2.24, 2.45) is 0 Å². The van der Waals surface area contributed by atoms with Gasteiger partial charge in [-0.25, -0.2) is 0 Å². The predicted octanol–water partition coefficient (Wildman–Crippen LogP) is 2.01. The summed E-state index contributed by atoms with van der Waals surface area (Å²) >= 11 is 0. The maximum Gasteiger partial charge on any atom is 0.250 e. The van der Waals surface area contributed by atoms with Crippen LogP contribution in [0.25, 0.3) is 0 Å². The Morgan fingerprint density at radius 3 is 2.76 bits per heavy atom. The molecule has 1 fully saturated rings. The number of benzene rings is 1. The van der Waals surface area contributed by atoms with Crippen molar-refractivity contribution in [3.63, 3.8) is 0 Å².